The molecule has 15 heteroatoms. The highest BCUT2D eigenvalue weighted by molar-refractivity contribution is 9.10. The van der Waals surface area contributed by atoms with Crippen molar-refractivity contribution in [2.75, 3.05) is 12.3 Å². The first-order valence-corrected chi connectivity index (χ1v) is 10.3. The van der Waals surface area contributed by atoms with Gasteiger partial charge in [-0.25, -0.2) is 23.9 Å². The summed E-state index contributed by atoms with van der Waals surface area (Å²) in [5.74, 6) is -0.944. The first kappa shape index (κ1) is 20.5. The van der Waals surface area contributed by atoms with E-state index in [0.717, 1.165) is 6.07 Å². The number of hydrogen-bond acceptors (Lipinski definition) is 8. The molecule has 1 aromatic carbocycles. The molecule has 0 spiro atoms. The van der Waals surface area contributed by atoms with Crippen LogP contribution in [0.3, 0.4) is 0 Å². The van der Waals surface area contributed by atoms with Gasteiger partial charge >= 0.3 is 0 Å². The molecule has 0 bridgehead atoms. The standard InChI is InChI=1S/C11H12BrFN6O5S2/c12-7-5-6(1-2-8(7)13)16-10(17-20)9-11(19-24-18-9)25(21)4-3-15-26(14,22)23/h1-2,5,15,20H,3-4H2,(H,16,17)(H2,14,22,23). The molecule has 0 saturated carbocycles. The van der Waals surface area contributed by atoms with Crippen LogP contribution in [0.1, 0.15) is 5.69 Å². The third-order valence-electron chi connectivity index (χ3n) is 2.74. The third kappa shape index (κ3) is 5.61. The first-order valence-electron chi connectivity index (χ1n) is 6.64. The number of rotatable bonds is 7. The number of halogens is 2. The molecular weight excluding hydrogens is 459 g/mol. The van der Waals surface area contributed by atoms with E-state index in [4.69, 9.17) is 5.14 Å². The maximum absolute atomic E-state index is 13.3. The predicted molar refractivity (Wildman–Crippen MR) is 91.9 cm³/mol. The molecule has 1 unspecified atom stereocenters. The van der Waals surface area contributed by atoms with Gasteiger partial charge in [-0.05, 0) is 44.4 Å². The van der Waals surface area contributed by atoms with Crippen LogP contribution in [0, 0.1) is 5.82 Å². The summed E-state index contributed by atoms with van der Waals surface area (Å²) < 4.78 is 53.7. The zero-order chi connectivity index (χ0) is 19.3. The molecule has 2 aromatic rings. The Bertz CT molecular complexity index is 950. The van der Waals surface area contributed by atoms with Crippen molar-refractivity contribution >= 4 is 48.5 Å². The van der Waals surface area contributed by atoms with Crippen LogP contribution in [0.4, 0.5) is 10.1 Å². The highest BCUT2D eigenvalue weighted by Gasteiger charge is 2.22. The lowest BCUT2D eigenvalue weighted by Crippen LogP contribution is -2.33. The normalized spacial score (nSPS) is 13.6. The van der Waals surface area contributed by atoms with Gasteiger partial charge in [0.2, 0.25) is 5.03 Å². The molecule has 0 aliphatic heterocycles. The lowest BCUT2D eigenvalue weighted by molar-refractivity contribution is 0.234. The van der Waals surface area contributed by atoms with E-state index in [1.807, 2.05) is 4.72 Å². The van der Waals surface area contributed by atoms with Gasteiger partial charge in [-0.15, -0.1) is 0 Å². The molecule has 0 fully saturated rings. The van der Waals surface area contributed by atoms with Gasteiger partial charge in [0.1, 0.15) is 5.82 Å². The maximum Gasteiger partial charge on any atom is 0.274 e. The van der Waals surface area contributed by atoms with E-state index < -0.39 is 26.8 Å². The van der Waals surface area contributed by atoms with Crippen LogP contribution in [0.5, 0.6) is 0 Å². The van der Waals surface area contributed by atoms with Crippen molar-refractivity contribution < 1.29 is 26.9 Å². The molecule has 1 atom stereocenters. The maximum atomic E-state index is 13.3. The van der Waals surface area contributed by atoms with Crippen molar-refractivity contribution in [3.63, 3.8) is 0 Å². The molecule has 0 aliphatic carbocycles. The molecule has 0 aliphatic rings. The van der Waals surface area contributed by atoms with E-state index in [9.17, 15) is 22.2 Å². The van der Waals surface area contributed by atoms with Gasteiger partial charge in [0.05, 0.1) is 21.0 Å². The summed E-state index contributed by atoms with van der Waals surface area (Å²) in [4.78, 5) is 4.01. The lowest BCUT2D eigenvalue weighted by atomic mass is 10.3. The highest BCUT2D eigenvalue weighted by atomic mass is 79.9. The number of hydrogen-bond donors (Lipinski definition) is 4. The summed E-state index contributed by atoms with van der Waals surface area (Å²) in [6.07, 6.45) is 0. The highest BCUT2D eigenvalue weighted by Crippen LogP contribution is 2.23. The first-order chi connectivity index (χ1) is 12.2. The Labute approximate surface area is 157 Å². The van der Waals surface area contributed by atoms with Crippen molar-refractivity contribution in [2.45, 2.75) is 5.03 Å². The van der Waals surface area contributed by atoms with Gasteiger partial charge in [-0.3, -0.25) is 14.9 Å². The number of amidine groups is 1. The van der Waals surface area contributed by atoms with Crippen molar-refractivity contribution in [3.8, 4) is 0 Å². The minimum atomic E-state index is -3.92. The Balaban J connectivity index is 2.24. The molecule has 11 nitrogen and oxygen atoms in total. The SMILES string of the molecule is NS(=O)(=O)NCCS(=O)c1nonc1C(=Nc1ccc(F)c(Br)c1)NO. The van der Waals surface area contributed by atoms with E-state index in [-0.39, 0.29) is 39.0 Å². The summed E-state index contributed by atoms with van der Waals surface area (Å²) in [5, 5.41) is 20.9. The Morgan fingerprint density at radius 1 is 1.46 bits per heavy atom. The van der Waals surface area contributed by atoms with Gasteiger partial charge in [0, 0.05) is 12.3 Å². The van der Waals surface area contributed by atoms with Crippen molar-refractivity contribution in [3.05, 3.63) is 34.2 Å². The average molecular weight is 471 g/mol. The predicted octanol–water partition coefficient (Wildman–Crippen LogP) is -0.0710. The molecule has 0 amide bonds. The number of aromatic nitrogens is 2. The Morgan fingerprint density at radius 3 is 2.81 bits per heavy atom. The largest absolute Gasteiger partial charge is 0.290 e. The zero-order valence-electron chi connectivity index (χ0n) is 12.7. The van der Waals surface area contributed by atoms with Crippen LogP contribution >= 0.6 is 15.9 Å². The Hall–Kier alpha value is -1.78. The lowest BCUT2D eigenvalue weighted by Gasteiger charge is -2.04. The van der Waals surface area contributed by atoms with Crippen LogP contribution in [0.25, 0.3) is 0 Å². The number of nitrogens with one attached hydrogen (secondary N) is 2. The van der Waals surface area contributed by atoms with Crippen LogP contribution in [-0.2, 0) is 21.0 Å². The van der Waals surface area contributed by atoms with E-state index in [2.05, 4.69) is 35.9 Å². The molecule has 1 aromatic heterocycles. The van der Waals surface area contributed by atoms with Crippen LogP contribution in [0.2, 0.25) is 0 Å². The van der Waals surface area contributed by atoms with E-state index in [1.54, 1.807) is 5.48 Å². The second-order valence-electron chi connectivity index (χ2n) is 4.58. The summed E-state index contributed by atoms with van der Waals surface area (Å²) in [7, 11) is -5.76. The summed E-state index contributed by atoms with van der Waals surface area (Å²) in [6.45, 7) is -0.221. The fraction of sp³-hybridized carbons (Fsp3) is 0.182. The van der Waals surface area contributed by atoms with Gasteiger partial charge in [0.15, 0.2) is 11.5 Å². The fourth-order valence-electron chi connectivity index (χ4n) is 1.66. The molecule has 0 radical (unpaired) electrons. The van der Waals surface area contributed by atoms with Crippen molar-refractivity contribution in [1.82, 2.24) is 20.5 Å². The number of hydroxylamine groups is 1. The minimum absolute atomic E-state index is 0.146. The molecule has 2 rings (SSSR count). The van der Waals surface area contributed by atoms with Gasteiger partial charge < -0.3 is 0 Å². The quantitative estimate of drug-likeness (QED) is 0.247. The minimum Gasteiger partial charge on any atom is -0.290 e. The molecule has 0 saturated heterocycles. The van der Waals surface area contributed by atoms with Gasteiger partial charge in [0.25, 0.3) is 10.2 Å². The fourth-order valence-corrected chi connectivity index (χ4v) is 3.49. The molecule has 26 heavy (non-hydrogen) atoms. The molecular formula is C11H12BrFN6O5S2. The van der Waals surface area contributed by atoms with Crippen LogP contribution < -0.4 is 15.3 Å². The second-order valence-corrected chi connectivity index (χ2v) is 8.30. The second kappa shape index (κ2) is 8.74. The topological polar surface area (TPSA) is 173 Å². The summed E-state index contributed by atoms with van der Waals surface area (Å²) >= 11 is 3.00. The van der Waals surface area contributed by atoms with E-state index >= 15 is 0 Å². The number of nitrogens with zero attached hydrogens (tertiary/aromatic N) is 3. The molecule has 142 valence electrons. The zero-order valence-corrected chi connectivity index (χ0v) is 15.9. The number of aliphatic imine (C=N–C) groups is 1. The number of nitrogens with two attached hydrogens (primary N) is 1. The van der Waals surface area contributed by atoms with Crippen molar-refractivity contribution in [1.29, 1.82) is 0 Å². The number of benzene rings is 1. The third-order valence-corrected chi connectivity index (χ3v) is 5.23. The monoisotopic (exact) mass is 470 g/mol. The summed E-state index contributed by atoms with van der Waals surface area (Å²) in [6, 6.07) is 3.82. The van der Waals surface area contributed by atoms with E-state index in [0.29, 0.717) is 0 Å². The molecule has 5 N–H and O–H groups in total. The summed E-state index contributed by atoms with van der Waals surface area (Å²) in [5.41, 5.74) is 1.85. The Kier molecular flexibility index (Phi) is 6.90. The molecule has 1 heterocycles. The van der Waals surface area contributed by atoms with Crippen molar-refractivity contribution in [2.24, 2.45) is 10.1 Å². The smallest absolute Gasteiger partial charge is 0.274 e. The van der Waals surface area contributed by atoms with Crippen LogP contribution in [0.15, 0.2) is 37.3 Å². The van der Waals surface area contributed by atoms with Gasteiger partial charge in [-0.1, -0.05) is 0 Å². The van der Waals surface area contributed by atoms with E-state index in [1.165, 1.54) is 12.1 Å². The average Bonchev–Trinajstić information content (AvgIpc) is 3.04. The Morgan fingerprint density at radius 2 is 2.19 bits per heavy atom. The van der Waals surface area contributed by atoms with Crippen LogP contribution in [-0.4, -0.2) is 46.3 Å². The van der Waals surface area contributed by atoms with Gasteiger partial charge in [-0.2, -0.15) is 8.42 Å².